The Balaban J connectivity index is 2.30. The first-order valence-electron chi connectivity index (χ1n) is 6.93. The first-order valence-corrected chi connectivity index (χ1v) is 6.93. The van der Waals surface area contributed by atoms with Crippen molar-refractivity contribution in [2.45, 2.75) is 39.7 Å². The van der Waals surface area contributed by atoms with Gasteiger partial charge in [0.05, 0.1) is 11.6 Å². The maximum Gasteiger partial charge on any atom is 0.258 e. The van der Waals surface area contributed by atoms with Gasteiger partial charge in [-0.25, -0.2) is 0 Å². The third kappa shape index (κ3) is 6.24. The fraction of sp³-hybridized carbons (Fsp3) is 0.500. The molecule has 20 heavy (non-hydrogen) atoms. The fourth-order valence-electron chi connectivity index (χ4n) is 1.75. The molecule has 108 valence electrons. The number of carbonyl (C=O) groups is 1. The van der Waals surface area contributed by atoms with Crippen LogP contribution in [0.2, 0.25) is 0 Å². The monoisotopic (exact) mass is 274 g/mol. The van der Waals surface area contributed by atoms with Crippen molar-refractivity contribution < 1.29 is 9.53 Å². The van der Waals surface area contributed by atoms with Crippen LogP contribution in [0.15, 0.2) is 24.3 Å². The third-order valence-corrected chi connectivity index (χ3v) is 2.94. The molecule has 0 spiro atoms. The minimum absolute atomic E-state index is 0.00206. The molecule has 0 fully saturated rings. The minimum atomic E-state index is -0.120. The molecule has 0 heterocycles. The number of ether oxygens (including phenoxy) is 1. The molecule has 1 rings (SSSR count). The van der Waals surface area contributed by atoms with Gasteiger partial charge in [-0.2, -0.15) is 5.26 Å². The molecule has 0 bridgehead atoms. The molecule has 0 saturated heterocycles. The van der Waals surface area contributed by atoms with Crippen molar-refractivity contribution in [3.63, 3.8) is 0 Å². The number of hydrogen-bond acceptors (Lipinski definition) is 3. The van der Waals surface area contributed by atoms with E-state index in [1.807, 2.05) is 13.0 Å². The molecule has 1 atom stereocenters. The second kappa shape index (κ2) is 8.21. The van der Waals surface area contributed by atoms with E-state index in [2.05, 4.69) is 19.2 Å². The van der Waals surface area contributed by atoms with E-state index in [0.29, 0.717) is 17.2 Å². The molecule has 1 unspecified atom stereocenters. The molecule has 0 aliphatic rings. The number of amides is 1. The van der Waals surface area contributed by atoms with E-state index < -0.39 is 0 Å². The van der Waals surface area contributed by atoms with Gasteiger partial charge in [0.15, 0.2) is 6.61 Å². The topological polar surface area (TPSA) is 62.1 Å². The molecule has 0 aliphatic carbocycles. The Morgan fingerprint density at radius 1 is 1.25 bits per heavy atom. The van der Waals surface area contributed by atoms with E-state index in [1.54, 1.807) is 24.3 Å². The average molecular weight is 274 g/mol. The summed E-state index contributed by atoms with van der Waals surface area (Å²) < 4.78 is 5.37. The van der Waals surface area contributed by atoms with Crippen molar-refractivity contribution in [3.8, 4) is 11.8 Å². The lowest BCUT2D eigenvalue weighted by atomic mass is 10.0. The smallest absolute Gasteiger partial charge is 0.258 e. The number of hydrogen-bond donors (Lipinski definition) is 1. The molecule has 0 aromatic heterocycles. The van der Waals surface area contributed by atoms with Crippen LogP contribution in [0.5, 0.6) is 5.75 Å². The predicted octanol–water partition coefficient (Wildman–Crippen LogP) is 2.88. The number of nitrogens with one attached hydrogen (secondary N) is 1. The fourth-order valence-corrected chi connectivity index (χ4v) is 1.75. The zero-order valence-corrected chi connectivity index (χ0v) is 12.3. The minimum Gasteiger partial charge on any atom is -0.484 e. The molecule has 0 radical (unpaired) electrons. The van der Waals surface area contributed by atoms with Gasteiger partial charge >= 0.3 is 0 Å². The highest BCUT2D eigenvalue weighted by atomic mass is 16.5. The highest BCUT2D eigenvalue weighted by molar-refractivity contribution is 5.77. The van der Waals surface area contributed by atoms with Crippen molar-refractivity contribution in [1.82, 2.24) is 5.32 Å². The summed E-state index contributed by atoms with van der Waals surface area (Å²) in [6.45, 7) is 6.34. The van der Waals surface area contributed by atoms with Gasteiger partial charge in [0.25, 0.3) is 5.91 Å². The molecule has 4 heteroatoms. The lowest BCUT2D eigenvalue weighted by Crippen LogP contribution is -2.36. The molecular weight excluding hydrogens is 252 g/mol. The van der Waals surface area contributed by atoms with E-state index >= 15 is 0 Å². The second-order valence-corrected chi connectivity index (χ2v) is 5.36. The maximum atomic E-state index is 11.7. The van der Waals surface area contributed by atoms with Crippen LogP contribution in [0.3, 0.4) is 0 Å². The third-order valence-electron chi connectivity index (χ3n) is 2.94. The van der Waals surface area contributed by atoms with Gasteiger partial charge in [0.1, 0.15) is 5.75 Å². The van der Waals surface area contributed by atoms with E-state index in [-0.39, 0.29) is 18.6 Å². The number of carbonyl (C=O) groups excluding carboxylic acids is 1. The molecular formula is C16H22N2O2. The zero-order valence-electron chi connectivity index (χ0n) is 12.3. The van der Waals surface area contributed by atoms with Crippen LogP contribution in [0, 0.1) is 17.2 Å². The van der Waals surface area contributed by atoms with Gasteiger partial charge < -0.3 is 10.1 Å². The number of benzene rings is 1. The number of nitrogens with zero attached hydrogens (tertiary/aromatic N) is 1. The van der Waals surface area contributed by atoms with E-state index in [4.69, 9.17) is 10.00 Å². The zero-order chi connectivity index (χ0) is 15.0. The van der Waals surface area contributed by atoms with E-state index in [9.17, 15) is 4.79 Å². The van der Waals surface area contributed by atoms with Crippen LogP contribution >= 0.6 is 0 Å². The first kappa shape index (κ1) is 16.0. The van der Waals surface area contributed by atoms with Crippen molar-refractivity contribution >= 4 is 5.91 Å². The Bertz CT molecular complexity index is 460. The van der Waals surface area contributed by atoms with E-state index in [1.165, 1.54) is 0 Å². The van der Waals surface area contributed by atoms with Gasteiger partial charge in [0.2, 0.25) is 0 Å². The Labute approximate surface area is 120 Å². The molecule has 0 aliphatic heterocycles. The summed E-state index contributed by atoms with van der Waals surface area (Å²) in [4.78, 5) is 11.7. The highest BCUT2D eigenvalue weighted by Crippen LogP contribution is 2.11. The summed E-state index contributed by atoms with van der Waals surface area (Å²) in [7, 11) is 0. The van der Waals surface area contributed by atoms with Crippen LogP contribution < -0.4 is 10.1 Å². The Morgan fingerprint density at radius 2 is 1.90 bits per heavy atom. The van der Waals surface area contributed by atoms with E-state index in [0.717, 1.165) is 12.8 Å². The molecule has 0 saturated carbocycles. The summed E-state index contributed by atoms with van der Waals surface area (Å²) >= 11 is 0. The summed E-state index contributed by atoms with van der Waals surface area (Å²) in [5.41, 5.74) is 0.573. The standard InChI is InChI=1S/C16H22N2O2/c1-12(2)4-5-13(3)18-16(19)11-20-15-8-6-14(10-17)7-9-15/h6-9,12-13H,4-5,11H2,1-3H3,(H,18,19). The van der Waals surface area contributed by atoms with Gasteiger partial charge in [-0.15, -0.1) is 0 Å². The van der Waals surface area contributed by atoms with Crippen LogP contribution in [0.1, 0.15) is 39.2 Å². The molecule has 1 N–H and O–H groups in total. The summed E-state index contributed by atoms with van der Waals surface area (Å²) in [6.07, 6.45) is 2.07. The quantitative estimate of drug-likeness (QED) is 0.831. The summed E-state index contributed by atoms with van der Waals surface area (Å²) in [5.74, 6) is 1.11. The maximum absolute atomic E-state index is 11.7. The molecule has 1 aromatic rings. The summed E-state index contributed by atoms with van der Waals surface area (Å²) in [6, 6.07) is 8.90. The van der Waals surface area contributed by atoms with Crippen LogP contribution in [-0.4, -0.2) is 18.6 Å². The average Bonchev–Trinajstić information content (AvgIpc) is 2.43. The predicted molar refractivity (Wildman–Crippen MR) is 78.3 cm³/mol. The lowest BCUT2D eigenvalue weighted by molar-refractivity contribution is -0.123. The molecule has 4 nitrogen and oxygen atoms in total. The van der Waals surface area contributed by atoms with Crippen molar-refractivity contribution in [3.05, 3.63) is 29.8 Å². The van der Waals surface area contributed by atoms with Crippen LogP contribution in [-0.2, 0) is 4.79 Å². The van der Waals surface area contributed by atoms with Gasteiger partial charge in [-0.05, 0) is 49.9 Å². The summed E-state index contributed by atoms with van der Waals surface area (Å²) in [5, 5.41) is 11.6. The normalized spacial score (nSPS) is 11.8. The Hall–Kier alpha value is -2.02. The Morgan fingerprint density at radius 3 is 2.45 bits per heavy atom. The molecule has 1 amide bonds. The van der Waals surface area contributed by atoms with Gasteiger partial charge in [-0.1, -0.05) is 13.8 Å². The van der Waals surface area contributed by atoms with Gasteiger partial charge in [-0.3, -0.25) is 4.79 Å². The number of rotatable bonds is 7. The molecule has 1 aromatic carbocycles. The Kier molecular flexibility index (Phi) is 6.58. The first-order chi connectivity index (χ1) is 9.51. The lowest BCUT2D eigenvalue weighted by Gasteiger charge is -2.15. The second-order valence-electron chi connectivity index (χ2n) is 5.36. The van der Waals surface area contributed by atoms with Crippen molar-refractivity contribution in [2.75, 3.05) is 6.61 Å². The SMILES string of the molecule is CC(C)CCC(C)NC(=O)COc1ccc(C#N)cc1. The van der Waals surface area contributed by atoms with Gasteiger partial charge in [0, 0.05) is 6.04 Å². The van der Waals surface area contributed by atoms with Crippen molar-refractivity contribution in [1.29, 1.82) is 5.26 Å². The highest BCUT2D eigenvalue weighted by Gasteiger charge is 2.08. The van der Waals surface area contributed by atoms with Crippen LogP contribution in [0.4, 0.5) is 0 Å². The van der Waals surface area contributed by atoms with Crippen LogP contribution in [0.25, 0.3) is 0 Å². The van der Waals surface area contributed by atoms with Crippen molar-refractivity contribution in [2.24, 2.45) is 5.92 Å². The number of nitriles is 1. The largest absolute Gasteiger partial charge is 0.484 e.